The van der Waals surface area contributed by atoms with Gasteiger partial charge in [0.2, 0.25) is 5.91 Å². The molecule has 1 aromatic heterocycles. The van der Waals surface area contributed by atoms with E-state index in [0.29, 0.717) is 24.1 Å². The highest BCUT2D eigenvalue weighted by molar-refractivity contribution is 5.82. The number of nitrogens with zero attached hydrogens (tertiary/aromatic N) is 1. The van der Waals surface area contributed by atoms with E-state index < -0.39 is 18.4 Å². The predicted molar refractivity (Wildman–Crippen MR) is 95.0 cm³/mol. The van der Waals surface area contributed by atoms with Crippen LogP contribution in [0, 0.1) is 0 Å². The third kappa shape index (κ3) is 4.33. The Morgan fingerprint density at radius 1 is 1.19 bits per heavy atom. The second kappa shape index (κ2) is 8.03. The minimum absolute atomic E-state index is 0.0811. The van der Waals surface area contributed by atoms with Gasteiger partial charge in [-0.1, -0.05) is 24.3 Å². The van der Waals surface area contributed by atoms with E-state index in [-0.39, 0.29) is 11.7 Å². The first-order chi connectivity index (χ1) is 13.0. The van der Waals surface area contributed by atoms with Gasteiger partial charge in [0.05, 0.1) is 5.52 Å². The van der Waals surface area contributed by atoms with Gasteiger partial charge in [0, 0.05) is 6.54 Å². The summed E-state index contributed by atoms with van der Waals surface area (Å²) in [7, 11) is 0. The van der Waals surface area contributed by atoms with Gasteiger partial charge in [-0.25, -0.2) is 4.79 Å². The van der Waals surface area contributed by atoms with Crippen LogP contribution in [-0.2, 0) is 11.2 Å². The van der Waals surface area contributed by atoms with E-state index in [0.717, 1.165) is 5.56 Å². The smallest absolute Gasteiger partial charge is 0.420 e. The Bertz CT molecular complexity index is 979. The molecule has 0 saturated carbocycles. The molecule has 1 heterocycles. The summed E-state index contributed by atoms with van der Waals surface area (Å²) in [6.07, 6.45) is 0.508. The Labute approximate surface area is 153 Å². The van der Waals surface area contributed by atoms with Gasteiger partial charge in [-0.3, -0.25) is 9.36 Å². The fourth-order valence-electron chi connectivity index (χ4n) is 2.78. The number of hydrogen-bond acceptors (Lipinski definition) is 4. The Balaban J connectivity index is 1.59. The third-order valence-electron chi connectivity index (χ3n) is 4.15. The summed E-state index contributed by atoms with van der Waals surface area (Å²) >= 11 is 0. The number of hydrogen-bond donors (Lipinski definition) is 1. The summed E-state index contributed by atoms with van der Waals surface area (Å²) in [4.78, 5) is 24.4. The Morgan fingerprint density at radius 3 is 2.59 bits per heavy atom. The summed E-state index contributed by atoms with van der Waals surface area (Å²) in [5.41, 5.74) is 1.84. The molecular weight excluding hydrogens is 358 g/mol. The second-order valence-corrected chi connectivity index (χ2v) is 5.95. The average Bonchev–Trinajstić information content (AvgIpc) is 2.97. The van der Waals surface area contributed by atoms with Crippen LogP contribution >= 0.6 is 0 Å². The number of carbonyl (C=O) groups is 1. The lowest BCUT2D eigenvalue weighted by atomic mass is 10.1. The highest BCUT2D eigenvalue weighted by atomic mass is 19.3. The molecule has 0 bridgehead atoms. The van der Waals surface area contributed by atoms with Crippen LogP contribution in [0.5, 0.6) is 5.75 Å². The maximum atomic E-state index is 12.4. The van der Waals surface area contributed by atoms with Crippen molar-refractivity contribution in [2.75, 3.05) is 6.54 Å². The second-order valence-electron chi connectivity index (χ2n) is 5.95. The predicted octanol–water partition coefficient (Wildman–Crippen LogP) is 3.12. The Hall–Kier alpha value is -3.16. The largest absolute Gasteiger partial charge is 0.435 e. The lowest BCUT2D eigenvalue weighted by Crippen LogP contribution is -2.35. The summed E-state index contributed by atoms with van der Waals surface area (Å²) in [6.45, 7) is -0.906. The maximum Gasteiger partial charge on any atom is 0.420 e. The molecule has 3 aromatic rings. The number of rotatable bonds is 7. The topological polar surface area (TPSA) is 73.5 Å². The first kappa shape index (κ1) is 18.6. The van der Waals surface area contributed by atoms with Crippen molar-refractivity contribution >= 4 is 17.0 Å². The number of ether oxygens (including phenoxy) is 1. The van der Waals surface area contributed by atoms with Crippen LogP contribution < -0.4 is 15.8 Å². The Kier molecular flexibility index (Phi) is 5.54. The number of amides is 1. The van der Waals surface area contributed by atoms with E-state index in [1.54, 1.807) is 43.3 Å². The monoisotopic (exact) mass is 376 g/mol. The average molecular weight is 376 g/mol. The van der Waals surface area contributed by atoms with Crippen LogP contribution in [0.2, 0.25) is 0 Å². The summed E-state index contributed by atoms with van der Waals surface area (Å²) in [5.74, 6) is -0.826. The molecule has 0 aliphatic rings. The van der Waals surface area contributed by atoms with Gasteiger partial charge in [0.15, 0.2) is 5.58 Å². The summed E-state index contributed by atoms with van der Waals surface area (Å²) in [5, 5.41) is 2.77. The molecule has 0 radical (unpaired) electrons. The molecule has 1 amide bonds. The standard InChI is InChI=1S/C19H18F2N2O4/c1-12(23-15-4-2-3-5-16(15)27-19(23)25)17(24)22-11-10-13-6-8-14(9-7-13)26-18(20)21/h2-9,12,18H,10-11H2,1H3,(H,22,24). The van der Waals surface area contributed by atoms with Crippen molar-refractivity contribution in [3.8, 4) is 5.75 Å². The van der Waals surface area contributed by atoms with Crippen molar-refractivity contribution in [1.29, 1.82) is 0 Å². The van der Waals surface area contributed by atoms with E-state index in [4.69, 9.17) is 4.42 Å². The van der Waals surface area contributed by atoms with Crippen LogP contribution in [0.1, 0.15) is 18.5 Å². The van der Waals surface area contributed by atoms with Crippen molar-refractivity contribution in [3.05, 3.63) is 64.6 Å². The number of para-hydroxylation sites is 2. The summed E-state index contributed by atoms with van der Waals surface area (Å²) in [6, 6.07) is 12.4. The minimum Gasteiger partial charge on any atom is -0.435 e. The molecule has 2 aromatic carbocycles. The highest BCUT2D eigenvalue weighted by Gasteiger charge is 2.20. The molecule has 1 unspecified atom stereocenters. The van der Waals surface area contributed by atoms with Gasteiger partial charge < -0.3 is 14.5 Å². The first-order valence-corrected chi connectivity index (χ1v) is 8.37. The van der Waals surface area contributed by atoms with Gasteiger partial charge >= 0.3 is 12.4 Å². The van der Waals surface area contributed by atoms with Crippen molar-refractivity contribution in [1.82, 2.24) is 9.88 Å². The van der Waals surface area contributed by atoms with Gasteiger partial charge in [-0.2, -0.15) is 8.78 Å². The molecule has 3 rings (SSSR count). The number of fused-ring (bicyclic) bond motifs is 1. The van der Waals surface area contributed by atoms with Gasteiger partial charge in [0.1, 0.15) is 11.8 Å². The molecule has 6 nitrogen and oxygen atoms in total. The number of alkyl halides is 2. The van der Waals surface area contributed by atoms with Gasteiger partial charge in [0.25, 0.3) is 0 Å². The van der Waals surface area contributed by atoms with Crippen LogP contribution in [0.25, 0.3) is 11.1 Å². The van der Waals surface area contributed by atoms with Gasteiger partial charge in [-0.05, 0) is 43.2 Å². The number of halogens is 2. The molecule has 0 spiro atoms. The molecule has 1 atom stereocenters. The van der Waals surface area contributed by atoms with Crippen LogP contribution in [-0.4, -0.2) is 23.6 Å². The number of oxazole rings is 1. The fourth-order valence-corrected chi connectivity index (χ4v) is 2.78. The molecule has 0 aliphatic heterocycles. The molecule has 142 valence electrons. The molecule has 1 N–H and O–H groups in total. The molecule has 27 heavy (non-hydrogen) atoms. The van der Waals surface area contributed by atoms with Crippen molar-refractivity contribution in [2.24, 2.45) is 0 Å². The van der Waals surface area contributed by atoms with Gasteiger partial charge in [-0.15, -0.1) is 0 Å². The van der Waals surface area contributed by atoms with Crippen molar-refractivity contribution in [3.63, 3.8) is 0 Å². The molecular formula is C19H18F2N2O4. The van der Waals surface area contributed by atoms with Crippen LogP contribution in [0.15, 0.2) is 57.7 Å². The quantitative estimate of drug-likeness (QED) is 0.688. The normalized spacial score (nSPS) is 12.3. The number of aromatic nitrogens is 1. The number of benzene rings is 2. The summed E-state index contributed by atoms with van der Waals surface area (Å²) < 4.78 is 35.0. The minimum atomic E-state index is -2.86. The van der Waals surface area contributed by atoms with E-state index in [1.165, 1.54) is 16.7 Å². The lowest BCUT2D eigenvalue weighted by Gasteiger charge is -2.13. The molecule has 0 fully saturated rings. The SMILES string of the molecule is CC(C(=O)NCCc1ccc(OC(F)F)cc1)n1c(=O)oc2ccccc21. The highest BCUT2D eigenvalue weighted by Crippen LogP contribution is 2.17. The van der Waals surface area contributed by atoms with E-state index in [9.17, 15) is 18.4 Å². The number of nitrogens with one attached hydrogen (secondary N) is 1. The molecule has 0 saturated heterocycles. The van der Waals surface area contributed by atoms with E-state index in [2.05, 4.69) is 10.1 Å². The lowest BCUT2D eigenvalue weighted by molar-refractivity contribution is -0.123. The zero-order chi connectivity index (χ0) is 19.4. The fraction of sp³-hybridized carbons (Fsp3) is 0.263. The van der Waals surface area contributed by atoms with Crippen molar-refractivity contribution < 1.29 is 22.7 Å². The van der Waals surface area contributed by atoms with Crippen LogP contribution in [0.3, 0.4) is 0 Å². The zero-order valence-electron chi connectivity index (χ0n) is 14.5. The molecule has 0 aliphatic carbocycles. The van der Waals surface area contributed by atoms with Crippen molar-refractivity contribution in [2.45, 2.75) is 26.0 Å². The zero-order valence-corrected chi connectivity index (χ0v) is 14.5. The third-order valence-corrected chi connectivity index (χ3v) is 4.15. The maximum absolute atomic E-state index is 12.4. The van der Waals surface area contributed by atoms with Crippen LogP contribution in [0.4, 0.5) is 8.78 Å². The van der Waals surface area contributed by atoms with E-state index in [1.807, 2.05) is 0 Å². The first-order valence-electron chi connectivity index (χ1n) is 8.37. The Morgan fingerprint density at radius 2 is 1.89 bits per heavy atom. The van der Waals surface area contributed by atoms with E-state index >= 15 is 0 Å². The molecule has 8 heteroatoms. The number of carbonyl (C=O) groups excluding carboxylic acids is 1.